The molecule has 0 amide bonds. The molecule has 3 nitrogen and oxygen atoms in total. The number of carbonyl (C=O) groups is 1. The summed E-state index contributed by atoms with van der Waals surface area (Å²) in [6, 6.07) is 0. The van der Waals surface area contributed by atoms with E-state index in [-0.39, 0.29) is 29.7 Å². The quantitative estimate of drug-likeness (QED) is 0.326. The molecule has 0 N–H and O–H groups in total. The summed E-state index contributed by atoms with van der Waals surface area (Å²) in [6.07, 6.45) is 16.7. The summed E-state index contributed by atoms with van der Waals surface area (Å²) in [4.78, 5) is 11.2. The number of carbonyl (C=O) groups excluding carboxylic acids is 1. The number of esters is 1. The summed E-state index contributed by atoms with van der Waals surface area (Å²) in [5.41, 5.74) is 0. The molecule has 1 rings (SSSR count). The number of terminal acetylenes is 1. The fourth-order valence-corrected chi connectivity index (χ4v) is 2.41. The van der Waals surface area contributed by atoms with E-state index in [1.807, 2.05) is 37.3 Å². The van der Waals surface area contributed by atoms with Crippen LogP contribution >= 0.6 is 11.6 Å². The van der Waals surface area contributed by atoms with Crippen LogP contribution in [0.5, 0.6) is 0 Å². The molecule has 0 aliphatic carbocycles. The molecule has 0 aromatic rings. The lowest BCUT2D eigenvalue weighted by Crippen LogP contribution is -2.24. The highest BCUT2D eigenvalue weighted by Gasteiger charge is 2.38. The average Bonchev–Trinajstić information content (AvgIpc) is 2.82. The predicted octanol–water partition coefficient (Wildman–Crippen LogP) is 3.39. The molecule has 0 saturated carbocycles. The molecule has 1 saturated heterocycles. The van der Waals surface area contributed by atoms with Gasteiger partial charge in [0.25, 0.3) is 0 Å². The number of hydrogen-bond acceptors (Lipinski definition) is 3. The molecule has 0 spiro atoms. The zero-order valence-corrected chi connectivity index (χ0v) is 13.1. The van der Waals surface area contributed by atoms with E-state index in [0.29, 0.717) is 12.8 Å². The monoisotopic (exact) mass is 308 g/mol. The van der Waals surface area contributed by atoms with E-state index in [1.165, 1.54) is 6.92 Å². The highest BCUT2D eigenvalue weighted by molar-refractivity contribution is 6.21. The lowest BCUT2D eigenvalue weighted by atomic mass is 10.1. The van der Waals surface area contributed by atoms with Gasteiger partial charge in [0.05, 0.1) is 11.5 Å². The minimum absolute atomic E-state index is 0.168. The summed E-state index contributed by atoms with van der Waals surface area (Å²) < 4.78 is 11.2. The van der Waals surface area contributed by atoms with Gasteiger partial charge in [-0.2, -0.15) is 0 Å². The van der Waals surface area contributed by atoms with Gasteiger partial charge in [-0.1, -0.05) is 36.3 Å². The van der Waals surface area contributed by atoms with Crippen molar-refractivity contribution >= 4 is 17.6 Å². The molecule has 0 aromatic carbocycles. The number of ether oxygens (including phenoxy) is 2. The van der Waals surface area contributed by atoms with Gasteiger partial charge < -0.3 is 9.47 Å². The topological polar surface area (TPSA) is 35.5 Å². The summed E-state index contributed by atoms with van der Waals surface area (Å²) in [5, 5.41) is -0.201. The number of hydrogen-bond donors (Lipinski definition) is 0. The van der Waals surface area contributed by atoms with Crippen molar-refractivity contribution in [3.63, 3.8) is 0 Å². The molecule has 1 fully saturated rings. The molecule has 0 bridgehead atoms. The van der Waals surface area contributed by atoms with Gasteiger partial charge in [0, 0.05) is 13.3 Å². The van der Waals surface area contributed by atoms with Crippen molar-refractivity contribution in [1.82, 2.24) is 0 Å². The number of halogens is 1. The minimum atomic E-state index is -0.313. The van der Waals surface area contributed by atoms with Crippen molar-refractivity contribution < 1.29 is 14.3 Å². The van der Waals surface area contributed by atoms with Gasteiger partial charge in [-0.3, -0.25) is 4.79 Å². The summed E-state index contributed by atoms with van der Waals surface area (Å²) >= 11 is 6.33. The Morgan fingerprint density at radius 3 is 2.95 bits per heavy atom. The molecule has 1 aliphatic rings. The number of rotatable bonds is 6. The molecular formula is C17H21ClO3. The Kier molecular flexibility index (Phi) is 7.89. The van der Waals surface area contributed by atoms with Crippen molar-refractivity contribution in [3.8, 4) is 12.3 Å². The van der Waals surface area contributed by atoms with E-state index in [9.17, 15) is 4.79 Å². The Balaban J connectivity index is 2.67. The largest absolute Gasteiger partial charge is 0.459 e. The molecule has 0 unspecified atom stereocenters. The summed E-state index contributed by atoms with van der Waals surface area (Å²) in [6.45, 7) is 3.33. The predicted molar refractivity (Wildman–Crippen MR) is 85.0 cm³/mol. The third-order valence-electron chi connectivity index (χ3n) is 3.06. The van der Waals surface area contributed by atoms with Gasteiger partial charge in [0.15, 0.2) is 0 Å². The zero-order chi connectivity index (χ0) is 15.7. The third kappa shape index (κ3) is 6.20. The first-order valence-electron chi connectivity index (χ1n) is 6.95. The molecule has 0 radical (unpaired) electrons. The fraction of sp³-hybridized carbons (Fsp3) is 0.471. The molecule has 114 valence electrons. The van der Waals surface area contributed by atoms with Crippen LogP contribution in [0.1, 0.15) is 26.7 Å². The summed E-state index contributed by atoms with van der Waals surface area (Å²) in [7, 11) is 0. The van der Waals surface area contributed by atoms with Crippen LogP contribution in [0.3, 0.4) is 0 Å². The summed E-state index contributed by atoms with van der Waals surface area (Å²) in [5.74, 6) is 2.11. The first-order chi connectivity index (χ1) is 10.1. The van der Waals surface area contributed by atoms with E-state index in [2.05, 4.69) is 5.92 Å². The van der Waals surface area contributed by atoms with E-state index < -0.39 is 0 Å². The highest BCUT2D eigenvalue weighted by Crippen LogP contribution is 2.30. The van der Waals surface area contributed by atoms with Gasteiger partial charge in [0.2, 0.25) is 0 Å². The second-order valence-corrected chi connectivity index (χ2v) is 5.31. The SMILES string of the molecule is C#C/C=C\C[C@@H](Cl)[C@H]1C[C@@H](OC(C)=O)[C@H](/C=C\C=C\C)O1. The molecular weight excluding hydrogens is 288 g/mol. The minimum Gasteiger partial charge on any atom is -0.459 e. The molecule has 4 atom stereocenters. The average molecular weight is 309 g/mol. The van der Waals surface area contributed by atoms with Crippen LogP contribution in [0, 0.1) is 12.3 Å². The van der Waals surface area contributed by atoms with Crippen LogP contribution in [0.2, 0.25) is 0 Å². The second-order valence-electron chi connectivity index (χ2n) is 4.75. The van der Waals surface area contributed by atoms with Gasteiger partial charge in [0.1, 0.15) is 12.2 Å². The van der Waals surface area contributed by atoms with Gasteiger partial charge in [-0.25, -0.2) is 0 Å². The van der Waals surface area contributed by atoms with Crippen LogP contribution in [0.4, 0.5) is 0 Å². The van der Waals surface area contributed by atoms with E-state index in [0.717, 1.165) is 0 Å². The molecule has 1 heterocycles. The maximum absolute atomic E-state index is 11.2. The van der Waals surface area contributed by atoms with Crippen LogP contribution in [-0.4, -0.2) is 29.7 Å². The Morgan fingerprint density at radius 2 is 2.33 bits per heavy atom. The molecule has 1 aliphatic heterocycles. The Morgan fingerprint density at radius 1 is 1.57 bits per heavy atom. The fourth-order valence-electron chi connectivity index (χ4n) is 2.14. The van der Waals surface area contributed by atoms with E-state index in [1.54, 1.807) is 6.08 Å². The number of allylic oxidation sites excluding steroid dienone is 5. The number of alkyl halides is 1. The third-order valence-corrected chi connectivity index (χ3v) is 3.52. The Labute approximate surface area is 131 Å². The Bertz CT molecular complexity index is 459. The van der Waals surface area contributed by atoms with Crippen molar-refractivity contribution in [2.75, 3.05) is 0 Å². The van der Waals surface area contributed by atoms with E-state index in [4.69, 9.17) is 27.5 Å². The Hall–Kier alpha value is -1.50. The lowest BCUT2D eigenvalue weighted by molar-refractivity contribution is -0.147. The highest BCUT2D eigenvalue weighted by atomic mass is 35.5. The van der Waals surface area contributed by atoms with Crippen molar-refractivity contribution in [2.45, 2.75) is 50.4 Å². The van der Waals surface area contributed by atoms with Crippen LogP contribution in [-0.2, 0) is 14.3 Å². The second kappa shape index (κ2) is 9.44. The standard InChI is InChI=1S/C17H21ClO3/c1-4-6-8-10-14(18)16-12-17(20-13(3)19)15(21-16)11-9-7-5-2/h1,5-9,11,14-17H,10,12H2,2-3H3/b7-5+,8-6-,11-9-/t14-,15+,16-,17-/m1/s1. The van der Waals surface area contributed by atoms with Crippen LogP contribution < -0.4 is 0 Å². The smallest absolute Gasteiger partial charge is 0.303 e. The molecule has 21 heavy (non-hydrogen) atoms. The van der Waals surface area contributed by atoms with E-state index >= 15 is 0 Å². The maximum atomic E-state index is 11.2. The van der Waals surface area contributed by atoms with Crippen LogP contribution in [0.25, 0.3) is 0 Å². The first kappa shape index (κ1) is 17.6. The molecule has 0 aromatic heterocycles. The van der Waals surface area contributed by atoms with Gasteiger partial charge in [-0.05, 0) is 19.4 Å². The normalized spacial score (nSPS) is 27.4. The van der Waals surface area contributed by atoms with Crippen molar-refractivity contribution in [2.24, 2.45) is 0 Å². The zero-order valence-electron chi connectivity index (χ0n) is 12.4. The van der Waals surface area contributed by atoms with Crippen molar-refractivity contribution in [1.29, 1.82) is 0 Å². The first-order valence-corrected chi connectivity index (χ1v) is 7.39. The van der Waals surface area contributed by atoms with Gasteiger partial charge >= 0.3 is 5.97 Å². The van der Waals surface area contributed by atoms with Crippen molar-refractivity contribution in [3.05, 3.63) is 36.5 Å². The van der Waals surface area contributed by atoms with Gasteiger partial charge in [-0.15, -0.1) is 18.0 Å². The lowest BCUT2D eigenvalue weighted by Gasteiger charge is -2.15. The molecule has 4 heteroatoms. The van der Waals surface area contributed by atoms with Crippen LogP contribution in [0.15, 0.2) is 36.5 Å². The maximum Gasteiger partial charge on any atom is 0.303 e.